The van der Waals surface area contributed by atoms with E-state index in [2.05, 4.69) is 5.16 Å². The molecule has 0 fully saturated rings. The van der Waals surface area contributed by atoms with E-state index in [0.29, 0.717) is 12.1 Å². The molecule has 0 aromatic heterocycles. The maximum atomic E-state index is 8.98. The van der Waals surface area contributed by atoms with Gasteiger partial charge in [-0.05, 0) is 36.2 Å². The van der Waals surface area contributed by atoms with Crippen LogP contribution < -0.4 is 0 Å². The van der Waals surface area contributed by atoms with E-state index in [1.54, 1.807) is 24.3 Å². The largest absolute Gasteiger partial charge is 0.508 e. The average molecular weight is 165 g/mol. The van der Waals surface area contributed by atoms with E-state index in [1.165, 1.54) is 0 Å². The van der Waals surface area contributed by atoms with Gasteiger partial charge in [0.1, 0.15) is 5.75 Å². The van der Waals surface area contributed by atoms with Gasteiger partial charge in [-0.25, -0.2) is 0 Å². The summed E-state index contributed by atoms with van der Waals surface area (Å²) in [6, 6.07) is 6.56. The second-order valence-electron chi connectivity index (χ2n) is 2.45. The molecule has 0 radical (unpaired) electrons. The number of rotatable bonds is 2. The maximum absolute atomic E-state index is 8.98. The number of hydrogen-bond acceptors (Lipinski definition) is 3. The van der Waals surface area contributed by atoms with Crippen LogP contribution in [0.15, 0.2) is 29.4 Å². The minimum Gasteiger partial charge on any atom is -0.508 e. The van der Waals surface area contributed by atoms with Crippen LogP contribution in [0.4, 0.5) is 0 Å². The molecular weight excluding hydrogens is 154 g/mol. The Hall–Kier alpha value is -1.51. The van der Waals surface area contributed by atoms with Gasteiger partial charge in [0, 0.05) is 0 Å². The highest BCUT2D eigenvalue weighted by molar-refractivity contribution is 6.00. The van der Waals surface area contributed by atoms with Crippen LogP contribution in [0.1, 0.15) is 18.9 Å². The van der Waals surface area contributed by atoms with Gasteiger partial charge in [-0.1, -0.05) is 12.1 Å². The number of benzene rings is 1. The van der Waals surface area contributed by atoms with Crippen molar-refractivity contribution in [2.45, 2.75) is 13.3 Å². The molecule has 3 heteroatoms. The Bertz CT molecular complexity index is 277. The van der Waals surface area contributed by atoms with Crippen molar-refractivity contribution in [1.29, 1.82) is 0 Å². The molecule has 0 unspecified atom stereocenters. The Balaban J connectivity index is 2.96. The smallest absolute Gasteiger partial charge is 0.115 e. The number of phenols is 1. The van der Waals surface area contributed by atoms with Crippen molar-refractivity contribution >= 4 is 5.71 Å². The fourth-order valence-electron chi connectivity index (χ4n) is 0.986. The number of nitrogens with zero attached hydrogens (tertiary/aromatic N) is 1. The molecule has 0 spiro atoms. The molecule has 64 valence electrons. The molecule has 0 aliphatic rings. The van der Waals surface area contributed by atoms with Gasteiger partial charge in [0.25, 0.3) is 0 Å². The standard InChI is InChI=1S/C9H11NO2/c1-2-9(10-12)7-3-5-8(11)6-4-7/h3-6,11-12H,2H2,1H3. The Morgan fingerprint density at radius 2 is 1.92 bits per heavy atom. The van der Waals surface area contributed by atoms with Crippen molar-refractivity contribution < 1.29 is 10.3 Å². The first-order chi connectivity index (χ1) is 5.77. The topological polar surface area (TPSA) is 52.8 Å². The third-order valence-corrected chi connectivity index (χ3v) is 1.66. The summed E-state index contributed by atoms with van der Waals surface area (Å²) in [6.07, 6.45) is 0.668. The summed E-state index contributed by atoms with van der Waals surface area (Å²) in [5, 5.41) is 20.7. The predicted octanol–water partition coefficient (Wildman–Crippen LogP) is 1.98. The fraction of sp³-hybridized carbons (Fsp3) is 0.222. The van der Waals surface area contributed by atoms with Gasteiger partial charge in [-0.3, -0.25) is 0 Å². The average Bonchev–Trinajstić information content (AvgIpc) is 2.10. The summed E-state index contributed by atoms with van der Waals surface area (Å²) in [4.78, 5) is 0. The highest BCUT2D eigenvalue weighted by atomic mass is 16.4. The second kappa shape index (κ2) is 3.76. The van der Waals surface area contributed by atoms with Crippen LogP contribution in [0.25, 0.3) is 0 Å². The lowest BCUT2D eigenvalue weighted by Gasteiger charge is -2.00. The molecule has 0 saturated heterocycles. The molecule has 0 amide bonds. The van der Waals surface area contributed by atoms with Crippen LogP contribution in [0.2, 0.25) is 0 Å². The summed E-state index contributed by atoms with van der Waals surface area (Å²) in [6.45, 7) is 1.90. The van der Waals surface area contributed by atoms with Gasteiger partial charge in [-0.15, -0.1) is 0 Å². The van der Waals surface area contributed by atoms with Crippen LogP contribution in [0.5, 0.6) is 5.75 Å². The highest BCUT2D eigenvalue weighted by Crippen LogP contribution is 2.11. The summed E-state index contributed by atoms with van der Waals surface area (Å²) < 4.78 is 0. The molecule has 2 N–H and O–H groups in total. The molecule has 0 saturated carbocycles. The SMILES string of the molecule is CCC(=NO)c1ccc(O)cc1. The zero-order valence-electron chi connectivity index (χ0n) is 6.86. The lowest BCUT2D eigenvalue weighted by Crippen LogP contribution is -1.97. The summed E-state index contributed by atoms with van der Waals surface area (Å²) in [7, 11) is 0. The zero-order chi connectivity index (χ0) is 8.97. The minimum absolute atomic E-state index is 0.215. The molecule has 1 rings (SSSR count). The molecule has 0 heterocycles. The molecule has 0 aliphatic heterocycles. The van der Waals surface area contributed by atoms with Crippen LogP contribution in [0.3, 0.4) is 0 Å². The molecule has 0 aliphatic carbocycles. The molecule has 3 nitrogen and oxygen atoms in total. The Kier molecular flexibility index (Phi) is 2.69. The van der Waals surface area contributed by atoms with E-state index >= 15 is 0 Å². The normalized spacial score (nSPS) is 11.6. The number of aromatic hydroxyl groups is 1. The molecule has 1 aromatic rings. The molecule has 0 bridgehead atoms. The molecule has 1 aromatic carbocycles. The van der Waals surface area contributed by atoms with Crippen molar-refractivity contribution in [3.05, 3.63) is 29.8 Å². The first-order valence-corrected chi connectivity index (χ1v) is 3.78. The minimum atomic E-state index is 0.215. The third-order valence-electron chi connectivity index (χ3n) is 1.66. The lowest BCUT2D eigenvalue weighted by molar-refractivity contribution is 0.318. The monoisotopic (exact) mass is 165 g/mol. The van der Waals surface area contributed by atoms with Gasteiger partial charge >= 0.3 is 0 Å². The van der Waals surface area contributed by atoms with Crippen molar-refractivity contribution in [3.63, 3.8) is 0 Å². The van der Waals surface area contributed by atoms with Crippen molar-refractivity contribution in [2.75, 3.05) is 0 Å². The van der Waals surface area contributed by atoms with E-state index in [9.17, 15) is 0 Å². The number of oxime groups is 1. The van der Waals surface area contributed by atoms with Crippen LogP contribution in [-0.2, 0) is 0 Å². The lowest BCUT2D eigenvalue weighted by atomic mass is 10.1. The summed E-state index contributed by atoms with van der Waals surface area (Å²) >= 11 is 0. The van der Waals surface area contributed by atoms with E-state index in [4.69, 9.17) is 10.3 Å². The molecular formula is C9H11NO2. The Morgan fingerprint density at radius 1 is 1.33 bits per heavy atom. The Labute approximate surface area is 71.0 Å². The quantitative estimate of drug-likeness (QED) is 0.400. The fourth-order valence-corrected chi connectivity index (χ4v) is 0.986. The van der Waals surface area contributed by atoms with Gasteiger partial charge < -0.3 is 10.3 Å². The van der Waals surface area contributed by atoms with Gasteiger partial charge in [0.15, 0.2) is 0 Å². The summed E-state index contributed by atoms with van der Waals surface area (Å²) in [5.74, 6) is 0.215. The maximum Gasteiger partial charge on any atom is 0.115 e. The summed E-state index contributed by atoms with van der Waals surface area (Å²) in [5.41, 5.74) is 1.45. The second-order valence-corrected chi connectivity index (χ2v) is 2.45. The van der Waals surface area contributed by atoms with Gasteiger partial charge in [-0.2, -0.15) is 0 Å². The first-order valence-electron chi connectivity index (χ1n) is 3.78. The van der Waals surface area contributed by atoms with E-state index < -0.39 is 0 Å². The zero-order valence-corrected chi connectivity index (χ0v) is 6.86. The van der Waals surface area contributed by atoms with Crippen LogP contribution in [0, 0.1) is 0 Å². The Morgan fingerprint density at radius 3 is 2.33 bits per heavy atom. The number of phenolic OH excluding ortho intramolecular Hbond substituents is 1. The van der Waals surface area contributed by atoms with Gasteiger partial charge in [0.05, 0.1) is 5.71 Å². The van der Waals surface area contributed by atoms with Crippen molar-refractivity contribution in [3.8, 4) is 5.75 Å². The molecule has 12 heavy (non-hydrogen) atoms. The van der Waals surface area contributed by atoms with E-state index in [-0.39, 0.29) is 5.75 Å². The molecule has 0 atom stereocenters. The number of hydrogen-bond donors (Lipinski definition) is 2. The van der Waals surface area contributed by atoms with Crippen molar-refractivity contribution in [2.24, 2.45) is 5.16 Å². The predicted molar refractivity (Wildman–Crippen MR) is 46.7 cm³/mol. The van der Waals surface area contributed by atoms with Crippen LogP contribution in [-0.4, -0.2) is 16.0 Å². The van der Waals surface area contributed by atoms with Gasteiger partial charge in [0.2, 0.25) is 0 Å². The highest BCUT2D eigenvalue weighted by Gasteiger charge is 2.00. The van der Waals surface area contributed by atoms with E-state index in [0.717, 1.165) is 5.56 Å². The van der Waals surface area contributed by atoms with Crippen molar-refractivity contribution in [1.82, 2.24) is 0 Å². The van der Waals surface area contributed by atoms with E-state index in [1.807, 2.05) is 6.92 Å². The van der Waals surface area contributed by atoms with Crippen LogP contribution >= 0.6 is 0 Å². The first kappa shape index (κ1) is 8.59. The third kappa shape index (κ3) is 1.75.